The number of carboxylic acid groups (broad SMARTS) is 1. The van der Waals surface area contributed by atoms with E-state index in [-0.39, 0.29) is 23.7 Å². The normalized spacial score (nSPS) is 11.3. The van der Waals surface area contributed by atoms with Gasteiger partial charge in [0.2, 0.25) is 0 Å². The van der Waals surface area contributed by atoms with Gasteiger partial charge in [-0.3, -0.25) is 0 Å². The molecule has 0 spiro atoms. The molecule has 6 nitrogen and oxygen atoms in total. The number of aryl methyl sites for hydroxylation is 1. The van der Waals surface area contributed by atoms with Crippen LogP contribution in [-0.2, 0) is 0 Å². The zero-order chi connectivity index (χ0) is 15.3. The first-order valence-electron chi connectivity index (χ1n) is 6.11. The molecule has 2 N–H and O–H groups in total. The van der Waals surface area contributed by atoms with Crippen LogP contribution in [0.3, 0.4) is 0 Å². The van der Waals surface area contributed by atoms with E-state index in [0.29, 0.717) is 5.56 Å². The van der Waals surface area contributed by atoms with Crippen LogP contribution in [-0.4, -0.2) is 35.6 Å². The third kappa shape index (κ3) is 3.72. The van der Waals surface area contributed by atoms with Crippen molar-refractivity contribution in [2.24, 2.45) is 5.92 Å². The summed E-state index contributed by atoms with van der Waals surface area (Å²) in [5.41, 5.74) is 0.893. The van der Waals surface area contributed by atoms with Gasteiger partial charge in [0.15, 0.2) is 0 Å². The molecule has 0 aliphatic rings. The number of urea groups is 1. The molecule has 1 aromatic carbocycles. The zero-order valence-electron chi connectivity index (χ0n) is 11.7. The molecule has 1 atom stereocenters. The number of nitrogens with one attached hydrogen (secondary N) is 1. The molecule has 2 amide bonds. The van der Waals surface area contributed by atoms with E-state index in [1.165, 1.54) is 11.0 Å². The highest BCUT2D eigenvalue weighted by atomic mass is 16.4. The van der Waals surface area contributed by atoms with E-state index in [2.05, 4.69) is 5.32 Å². The lowest BCUT2D eigenvalue weighted by Crippen LogP contribution is -2.34. The molecule has 0 aliphatic carbocycles. The van der Waals surface area contributed by atoms with Crippen molar-refractivity contribution in [2.45, 2.75) is 13.8 Å². The Bertz CT molecular complexity index is 563. The van der Waals surface area contributed by atoms with Gasteiger partial charge >= 0.3 is 12.0 Å². The van der Waals surface area contributed by atoms with Crippen LogP contribution < -0.4 is 5.32 Å². The molecule has 6 heteroatoms. The zero-order valence-corrected chi connectivity index (χ0v) is 11.7. The Morgan fingerprint density at radius 3 is 2.70 bits per heavy atom. The molecule has 20 heavy (non-hydrogen) atoms. The van der Waals surface area contributed by atoms with Gasteiger partial charge in [-0.05, 0) is 25.5 Å². The number of hydrogen-bond acceptors (Lipinski definition) is 3. The molecule has 1 unspecified atom stereocenters. The maximum absolute atomic E-state index is 12.0. The molecular weight excluding hydrogens is 258 g/mol. The first kappa shape index (κ1) is 15.5. The fourth-order valence-corrected chi connectivity index (χ4v) is 1.80. The Hall–Kier alpha value is -2.55. The Labute approximate surface area is 117 Å². The summed E-state index contributed by atoms with van der Waals surface area (Å²) in [6.45, 7) is 3.65. The number of nitriles is 1. The average Bonchev–Trinajstić information content (AvgIpc) is 2.37. The van der Waals surface area contributed by atoms with Crippen molar-refractivity contribution < 1.29 is 14.7 Å². The number of anilines is 1. The third-order valence-corrected chi connectivity index (χ3v) is 2.84. The van der Waals surface area contributed by atoms with E-state index in [1.807, 2.05) is 6.07 Å². The summed E-state index contributed by atoms with van der Waals surface area (Å²) in [5.74, 6) is -1.38. The summed E-state index contributed by atoms with van der Waals surface area (Å²) in [4.78, 5) is 24.5. The molecule has 0 radical (unpaired) electrons. The molecule has 0 saturated carbocycles. The monoisotopic (exact) mass is 275 g/mol. The summed E-state index contributed by atoms with van der Waals surface area (Å²) in [6, 6.07) is 6.47. The van der Waals surface area contributed by atoms with Gasteiger partial charge in [-0.1, -0.05) is 12.1 Å². The fraction of sp³-hybridized carbons (Fsp3) is 0.357. The Morgan fingerprint density at radius 2 is 2.15 bits per heavy atom. The molecule has 1 aromatic rings. The fourth-order valence-electron chi connectivity index (χ4n) is 1.80. The maximum atomic E-state index is 12.0. The summed E-state index contributed by atoms with van der Waals surface area (Å²) in [6.07, 6.45) is 0. The second kappa shape index (κ2) is 6.57. The van der Waals surface area contributed by atoms with Gasteiger partial charge in [0.25, 0.3) is 0 Å². The minimum Gasteiger partial charge on any atom is -0.478 e. The van der Waals surface area contributed by atoms with E-state index in [9.17, 15) is 14.7 Å². The van der Waals surface area contributed by atoms with Crippen LogP contribution in [0.25, 0.3) is 0 Å². The standard InChI is InChI=1S/C14H17N3O3/c1-9(7-15)8-17(3)14(20)16-11-6-4-5-10(2)12(11)13(18)19/h4-6,9H,8H2,1-3H3,(H,16,20)(H,18,19). The molecule has 0 aliphatic heterocycles. The number of benzene rings is 1. The molecule has 0 heterocycles. The number of carboxylic acids is 1. The van der Waals surface area contributed by atoms with Gasteiger partial charge in [0.05, 0.1) is 23.2 Å². The van der Waals surface area contributed by atoms with Gasteiger partial charge in [0, 0.05) is 13.6 Å². The van der Waals surface area contributed by atoms with Crippen LogP contribution in [0.5, 0.6) is 0 Å². The smallest absolute Gasteiger partial charge is 0.338 e. The number of nitrogens with zero attached hydrogens (tertiary/aromatic N) is 2. The van der Waals surface area contributed by atoms with Crippen molar-refractivity contribution in [1.82, 2.24) is 4.90 Å². The minimum atomic E-state index is -1.09. The van der Waals surface area contributed by atoms with Crippen LogP contribution in [0.1, 0.15) is 22.8 Å². The first-order valence-corrected chi connectivity index (χ1v) is 6.11. The number of rotatable bonds is 4. The molecule has 106 valence electrons. The molecule has 0 aromatic heterocycles. The topological polar surface area (TPSA) is 93.4 Å². The van der Waals surface area contributed by atoms with Crippen molar-refractivity contribution in [1.29, 1.82) is 5.26 Å². The lowest BCUT2D eigenvalue weighted by molar-refractivity contribution is 0.0697. The van der Waals surface area contributed by atoms with Crippen molar-refractivity contribution in [3.05, 3.63) is 29.3 Å². The lowest BCUT2D eigenvalue weighted by Gasteiger charge is -2.20. The Morgan fingerprint density at radius 1 is 1.50 bits per heavy atom. The second-order valence-corrected chi connectivity index (χ2v) is 4.64. The number of amides is 2. The Kier molecular flexibility index (Phi) is 5.09. The van der Waals surface area contributed by atoms with E-state index >= 15 is 0 Å². The minimum absolute atomic E-state index is 0.0718. The quantitative estimate of drug-likeness (QED) is 0.881. The molecule has 0 fully saturated rings. The average molecular weight is 275 g/mol. The van der Waals surface area contributed by atoms with E-state index in [0.717, 1.165) is 0 Å². The highest BCUT2D eigenvalue weighted by molar-refractivity contribution is 6.01. The predicted molar refractivity (Wildman–Crippen MR) is 74.6 cm³/mol. The van der Waals surface area contributed by atoms with Crippen LogP contribution in [0.15, 0.2) is 18.2 Å². The van der Waals surface area contributed by atoms with Gasteiger partial charge in [-0.2, -0.15) is 5.26 Å². The number of aromatic carboxylic acids is 1. The van der Waals surface area contributed by atoms with Crippen LogP contribution in [0.4, 0.5) is 10.5 Å². The van der Waals surface area contributed by atoms with Crippen molar-refractivity contribution in [2.75, 3.05) is 18.9 Å². The van der Waals surface area contributed by atoms with Crippen LogP contribution >= 0.6 is 0 Å². The highest BCUT2D eigenvalue weighted by Crippen LogP contribution is 2.20. The summed E-state index contributed by atoms with van der Waals surface area (Å²) in [7, 11) is 1.55. The lowest BCUT2D eigenvalue weighted by atomic mass is 10.1. The predicted octanol–water partition coefficient (Wildman–Crippen LogP) is 2.32. The second-order valence-electron chi connectivity index (χ2n) is 4.64. The van der Waals surface area contributed by atoms with Gasteiger partial charge in [-0.15, -0.1) is 0 Å². The molecule has 0 saturated heterocycles. The van der Waals surface area contributed by atoms with Crippen LogP contribution in [0, 0.1) is 24.2 Å². The van der Waals surface area contributed by atoms with Crippen molar-refractivity contribution in [3.63, 3.8) is 0 Å². The summed E-state index contributed by atoms with van der Waals surface area (Å²) in [5, 5.41) is 20.5. The summed E-state index contributed by atoms with van der Waals surface area (Å²) < 4.78 is 0. The maximum Gasteiger partial charge on any atom is 0.338 e. The van der Waals surface area contributed by atoms with Gasteiger partial charge < -0.3 is 15.3 Å². The van der Waals surface area contributed by atoms with E-state index < -0.39 is 12.0 Å². The van der Waals surface area contributed by atoms with Crippen molar-refractivity contribution >= 4 is 17.7 Å². The van der Waals surface area contributed by atoms with Crippen LogP contribution in [0.2, 0.25) is 0 Å². The first-order chi connectivity index (χ1) is 9.36. The number of carbonyl (C=O) groups excluding carboxylic acids is 1. The van der Waals surface area contributed by atoms with Gasteiger partial charge in [0.1, 0.15) is 0 Å². The SMILES string of the molecule is Cc1cccc(NC(=O)N(C)CC(C)C#N)c1C(=O)O. The molecular formula is C14H17N3O3. The highest BCUT2D eigenvalue weighted by Gasteiger charge is 2.17. The van der Waals surface area contributed by atoms with Gasteiger partial charge in [-0.25, -0.2) is 9.59 Å². The van der Waals surface area contributed by atoms with E-state index in [4.69, 9.17) is 5.26 Å². The van der Waals surface area contributed by atoms with E-state index in [1.54, 1.807) is 33.0 Å². The number of carbonyl (C=O) groups is 2. The number of hydrogen-bond donors (Lipinski definition) is 2. The summed E-state index contributed by atoms with van der Waals surface area (Å²) >= 11 is 0. The molecule has 1 rings (SSSR count). The third-order valence-electron chi connectivity index (χ3n) is 2.84. The largest absolute Gasteiger partial charge is 0.478 e. The van der Waals surface area contributed by atoms with Crippen molar-refractivity contribution in [3.8, 4) is 6.07 Å². The Balaban J connectivity index is 2.89. The molecule has 0 bridgehead atoms.